The molecule has 0 aliphatic carbocycles. The van der Waals surface area contributed by atoms with E-state index in [0.717, 1.165) is 31.6 Å². The molecule has 15 heavy (non-hydrogen) atoms. The van der Waals surface area contributed by atoms with Gasteiger partial charge in [-0.1, -0.05) is 0 Å². The second-order valence-corrected chi connectivity index (χ2v) is 4.55. The van der Waals surface area contributed by atoms with Gasteiger partial charge in [-0.3, -0.25) is 0 Å². The van der Waals surface area contributed by atoms with E-state index < -0.39 is 0 Å². The molecule has 0 aromatic carbocycles. The third-order valence-corrected chi connectivity index (χ3v) is 3.41. The van der Waals surface area contributed by atoms with Gasteiger partial charge in [-0.05, 0) is 54.8 Å². The fourth-order valence-electron chi connectivity index (χ4n) is 1.81. The van der Waals surface area contributed by atoms with Crippen molar-refractivity contribution < 1.29 is 4.74 Å². The van der Waals surface area contributed by atoms with Crippen LogP contribution >= 0.6 is 11.3 Å². The lowest BCUT2D eigenvalue weighted by Crippen LogP contribution is -2.31. The van der Waals surface area contributed by atoms with Crippen LogP contribution in [0.15, 0.2) is 28.7 Å². The summed E-state index contributed by atoms with van der Waals surface area (Å²) in [6.07, 6.45) is 5.54. The molecule has 0 fully saturated rings. The summed E-state index contributed by atoms with van der Waals surface area (Å²) >= 11 is 1.75. The Morgan fingerprint density at radius 2 is 2.53 bits per heavy atom. The Bertz CT molecular complexity index is 318. The number of hydrogen-bond donors (Lipinski definition) is 1. The van der Waals surface area contributed by atoms with Crippen molar-refractivity contribution in [2.45, 2.75) is 25.3 Å². The van der Waals surface area contributed by atoms with E-state index in [-0.39, 0.29) is 0 Å². The Balaban J connectivity index is 2.00. The van der Waals surface area contributed by atoms with E-state index in [9.17, 15) is 0 Å². The first kappa shape index (κ1) is 10.7. The van der Waals surface area contributed by atoms with Crippen LogP contribution in [-0.2, 0) is 11.2 Å². The standard InChI is InChI=1S/C12H17NOS/c1-13-11(8-10-5-7-15-9-10)12-4-2-3-6-14-12/h4-5,7,9,11,13H,2-3,6,8H2,1H3. The van der Waals surface area contributed by atoms with Gasteiger partial charge in [0.25, 0.3) is 0 Å². The molecule has 0 amide bonds. The Morgan fingerprint density at radius 3 is 3.13 bits per heavy atom. The molecule has 1 aromatic heterocycles. The molecule has 1 N–H and O–H groups in total. The monoisotopic (exact) mass is 223 g/mol. The van der Waals surface area contributed by atoms with Crippen LogP contribution < -0.4 is 5.32 Å². The predicted molar refractivity (Wildman–Crippen MR) is 64.1 cm³/mol. The summed E-state index contributed by atoms with van der Waals surface area (Å²) in [7, 11) is 2.00. The quantitative estimate of drug-likeness (QED) is 0.847. The van der Waals surface area contributed by atoms with E-state index in [1.807, 2.05) is 7.05 Å². The summed E-state index contributed by atoms with van der Waals surface area (Å²) < 4.78 is 5.68. The van der Waals surface area contributed by atoms with Crippen molar-refractivity contribution in [3.05, 3.63) is 34.2 Å². The molecule has 1 unspecified atom stereocenters. The summed E-state index contributed by atoms with van der Waals surface area (Å²) in [5, 5.41) is 7.65. The van der Waals surface area contributed by atoms with Crippen molar-refractivity contribution in [2.24, 2.45) is 0 Å². The lowest BCUT2D eigenvalue weighted by Gasteiger charge is -2.23. The Labute approximate surface area is 95.0 Å². The molecule has 2 heterocycles. The zero-order valence-electron chi connectivity index (χ0n) is 9.03. The van der Waals surface area contributed by atoms with Gasteiger partial charge in [-0.25, -0.2) is 0 Å². The molecule has 0 radical (unpaired) electrons. The minimum atomic E-state index is 0.333. The van der Waals surface area contributed by atoms with E-state index in [2.05, 4.69) is 28.2 Å². The summed E-state index contributed by atoms with van der Waals surface area (Å²) in [6, 6.07) is 2.51. The minimum absolute atomic E-state index is 0.333. The van der Waals surface area contributed by atoms with E-state index in [0.29, 0.717) is 6.04 Å². The van der Waals surface area contributed by atoms with Crippen LogP contribution in [0, 0.1) is 0 Å². The van der Waals surface area contributed by atoms with Gasteiger partial charge in [-0.2, -0.15) is 11.3 Å². The first-order valence-electron chi connectivity index (χ1n) is 5.41. The molecular weight excluding hydrogens is 206 g/mol. The zero-order valence-corrected chi connectivity index (χ0v) is 9.85. The van der Waals surface area contributed by atoms with Gasteiger partial charge in [0, 0.05) is 0 Å². The molecule has 0 bridgehead atoms. The largest absolute Gasteiger partial charge is 0.497 e. The third-order valence-electron chi connectivity index (χ3n) is 2.67. The second kappa shape index (κ2) is 5.33. The first-order valence-corrected chi connectivity index (χ1v) is 6.35. The summed E-state index contributed by atoms with van der Waals surface area (Å²) in [4.78, 5) is 0. The topological polar surface area (TPSA) is 21.3 Å². The van der Waals surface area contributed by atoms with Crippen LogP contribution in [0.5, 0.6) is 0 Å². The highest BCUT2D eigenvalue weighted by Gasteiger charge is 2.16. The Kier molecular flexibility index (Phi) is 3.80. The number of thiophene rings is 1. The predicted octanol–water partition coefficient (Wildman–Crippen LogP) is 2.57. The average molecular weight is 223 g/mol. The first-order chi connectivity index (χ1) is 7.40. The van der Waals surface area contributed by atoms with Crippen molar-refractivity contribution in [1.82, 2.24) is 5.32 Å². The molecule has 1 aliphatic heterocycles. The maximum Gasteiger partial charge on any atom is 0.109 e. The van der Waals surface area contributed by atoms with Crippen molar-refractivity contribution in [3.8, 4) is 0 Å². The number of likely N-dealkylation sites (N-methyl/N-ethyl adjacent to an activating group) is 1. The molecule has 0 spiro atoms. The molecule has 1 atom stereocenters. The number of nitrogens with one attached hydrogen (secondary N) is 1. The lowest BCUT2D eigenvalue weighted by atomic mass is 10.1. The van der Waals surface area contributed by atoms with Gasteiger partial charge < -0.3 is 10.1 Å². The van der Waals surface area contributed by atoms with Gasteiger partial charge in [0.2, 0.25) is 0 Å². The molecule has 2 rings (SSSR count). The molecule has 1 aromatic rings. The second-order valence-electron chi connectivity index (χ2n) is 3.77. The van der Waals surface area contributed by atoms with E-state index in [4.69, 9.17) is 4.74 Å². The fraction of sp³-hybridized carbons (Fsp3) is 0.500. The molecule has 3 heteroatoms. The van der Waals surface area contributed by atoms with Crippen molar-refractivity contribution in [2.75, 3.05) is 13.7 Å². The normalized spacial score (nSPS) is 18.1. The van der Waals surface area contributed by atoms with Gasteiger partial charge >= 0.3 is 0 Å². The molecule has 2 nitrogen and oxygen atoms in total. The highest BCUT2D eigenvalue weighted by atomic mass is 32.1. The molecule has 1 aliphatic rings. The lowest BCUT2D eigenvalue weighted by molar-refractivity contribution is 0.169. The fourth-order valence-corrected chi connectivity index (χ4v) is 2.49. The molecule has 0 saturated heterocycles. The summed E-state index contributed by atoms with van der Waals surface area (Å²) in [6.45, 7) is 0.869. The molecular formula is C12H17NOS. The maximum atomic E-state index is 5.68. The Morgan fingerprint density at radius 1 is 1.60 bits per heavy atom. The van der Waals surface area contributed by atoms with Gasteiger partial charge in [-0.15, -0.1) is 0 Å². The van der Waals surface area contributed by atoms with Crippen LogP contribution in [0.25, 0.3) is 0 Å². The van der Waals surface area contributed by atoms with Crippen molar-refractivity contribution in [3.63, 3.8) is 0 Å². The highest BCUT2D eigenvalue weighted by Crippen LogP contribution is 2.18. The van der Waals surface area contributed by atoms with E-state index in [1.165, 1.54) is 5.56 Å². The third kappa shape index (κ3) is 2.83. The van der Waals surface area contributed by atoms with Crippen molar-refractivity contribution >= 4 is 11.3 Å². The van der Waals surface area contributed by atoms with Gasteiger partial charge in [0.05, 0.1) is 12.6 Å². The van der Waals surface area contributed by atoms with Crippen molar-refractivity contribution in [1.29, 1.82) is 0 Å². The highest BCUT2D eigenvalue weighted by molar-refractivity contribution is 7.07. The number of rotatable bonds is 4. The van der Waals surface area contributed by atoms with Crippen LogP contribution in [-0.4, -0.2) is 19.7 Å². The summed E-state index contributed by atoms with van der Waals surface area (Å²) in [5.41, 5.74) is 1.38. The average Bonchev–Trinajstić information content (AvgIpc) is 2.80. The van der Waals surface area contributed by atoms with Crippen LogP contribution in [0.2, 0.25) is 0 Å². The minimum Gasteiger partial charge on any atom is -0.497 e. The van der Waals surface area contributed by atoms with Crippen LogP contribution in [0.1, 0.15) is 18.4 Å². The summed E-state index contributed by atoms with van der Waals surface area (Å²) in [5.74, 6) is 1.12. The SMILES string of the molecule is CNC(Cc1ccsc1)C1=CCCCO1. The van der Waals surface area contributed by atoms with E-state index >= 15 is 0 Å². The zero-order chi connectivity index (χ0) is 10.5. The molecule has 82 valence electrons. The Hall–Kier alpha value is -0.800. The molecule has 0 saturated carbocycles. The van der Waals surface area contributed by atoms with Gasteiger partial charge in [0.1, 0.15) is 5.76 Å². The van der Waals surface area contributed by atoms with Gasteiger partial charge in [0.15, 0.2) is 0 Å². The smallest absolute Gasteiger partial charge is 0.109 e. The van der Waals surface area contributed by atoms with Crippen LogP contribution in [0.4, 0.5) is 0 Å². The van der Waals surface area contributed by atoms with E-state index in [1.54, 1.807) is 11.3 Å². The van der Waals surface area contributed by atoms with Crippen LogP contribution in [0.3, 0.4) is 0 Å². The number of ether oxygens (including phenoxy) is 1. The maximum absolute atomic E-state index is 5.68. The number of hydrogen-bond acceptors (Lipinski definition) is 3. The number of allylic oxidation sites excluding steroid dienone is 1.